The number of fused-ring (bicyclic) bond motifs is 11. The van der Waals surface area contributed by atoms with Gasteiger partial charge in [0.2, 0.25) is 0 Å². The van der Waals surface area contributed by atoms with Crippen molar-refractivity contribution in [1.29, 1.82) is 0 Å². The summed E-state index contributed by atoms with van der Waals surface area (Å²) in [5.74, 6) is 0. The zero-order chi connectivity index (χ0) is 46.2. The van der Waals surface area contributed by atoms with Crippen LogP contribution in [0.15, 0.2) is 231 Å². The molecule has 14 rings (SSSR count). The lowest BCUT2D eigenvalue weighted by atomic mass is 9.67. The van der Waals surface area contributed by atoms with Gasteiger partial charge < -0.3 is 0 Å². The first kappa shape index (κ1) is 40.0. The standard InChI is InChI=1S/C69H50/c1-67(2)60-29-17-14-25-51(60)57-40-45(34-38-61(57)67)66-55-27-12-11-26-54(55)65(56-37-32-43(39-58(56)66)44-31-35-52-49-23-13-16-28-59(49)68(3,4)63(52)41-44)46-33-36-53-50-24-15-18-30-62(50)69(64(53)42-46,47-19-7-5-8-20-47)48-21-9-6-10-22-48/h5-42H,1-4H3. The highest BCUT2D eigenvalue weighted by atomic mass is 14.5. The van der Waals surface area contributed by atoms with Crippen LogP contribution >= 0.6 is 0 Å². The maximum atomic E-state index is 2.54. The predicted molar refractivity (Wildman–Crippen MR) is 290 cm³/mol. The van der Waals surface area contributed by atoms with Crippen LogP contribution in [0.5, 0.6) is 0 Å². The van der Waals surface area contributed by atoms with Gasteiger partial charge in [0.15, 0.2) is 0 Å². The average Bonchev–Trinajstić information content (AvgIpc) is 3.92. The van der Waals surface area contributed by atoms with E-state index in [0.717, 1.165) is 0 Å². The predicted octanol–water partition coefficient (Wildman–Crippen LogP) is 18.0. The van der Waals surface area contributed by atoms with Gasteiger partial charge in [-0.3, -0.25) is 0 Å². The highest BCUT2D eigenvalue weighted by molar-refractivity contribution is 6.22. The van der Waals surface area contributed by atoms with Crippen LogP contribution in [0.25, 0.3) is 88.3 Å². The minimum atomic E-state index is -0.501. The monoisotopic (exact) mass is 878 g/mol. The number of hydrogen-bond acceptors (Lipinski definition) is 0. The summed E-state index contributed by atoms with van der Waals surface area (Å²) in [6, 6.07) is 87.7. The maximum absolute atomic E-state index is 2.54. The van der Waals surface area contributed by atoms with Gasteiger partial charge in [-0.25, -0.2) is 0 Å². The molecular formula is C69H50. The van der Waals surface area contributed by atoms with Crippen LogP contribution in [-0.4, -0.2) is 0 Å². The summed E-state index contributed by atoms with van der Waals surface area (Å²) < 4.78 is 0. The van der Waals surface area contributed by atoms with Crippen molar-refractivity contribution in [2.24, 2.45) is 0 Å². The second-order valence-electron chi connectivity index (χ2n) is 20.7. The first-order chi connectivity index (χ1) is 33.7. The molecule has 0 nitrogen and oxygen atoms in total. The molecule has 0 radical (unpaired) electrons. The topological polar surface area (TPSA) is 0 Å². The number of hydrogen-bond donors (Lipinski definition) is 0. The Morgan fingerprint density at radius 3 is 1.28 bits per heavy atom. The summed E-state index contributed by atoms with van der Waals surface area (Å²) in [7, 11) is 0. The summed E-state index contributed by atoms with van der Waals surface area (Å²) >= 11 is 0. The van der Waals surface area contributed by atoms with Crippen LogP contribution in [0.3, 0.4) is 0 Å². The third-order valence-electron chi connectivity index (χ3n) is 16.6. The smallest absolute Gasteiger partial charge is 0.0622 e. The van der Waals surface area contributed by atoms with Gasteiger partial charge in [-0.2, -0.15) is 0 Å². The molecule has 0 aromatic heterocycles. The fourth-order valence-electron chi connectivity index (χ4n) is 13.3. The molecule has 326 valence electrons. The molecule has 0 amide bonds. The molecule has 11 aromatic carbocycles. The van der Waals surface area contributed by atoms with E-state index in [0.29, 0.717) is 0 Å². The Bertz CT molecular complexity index is 3900. The van der Waals surface area contributed by atoms with Gasteiger partial charge in [0.25, 0.3) is 0 Å². The van der Waals surface area contributed by atoms with E-state index in [1.54, 1.807) is 0 Å². The van der Waals surface area contributed by atoms with Crippen molar-refractivity contribution in [2.45, 2.75) is 43.9 Å². The molecule has 0 spiro atoms. The molecule has 0 fully saturated rings. The van der Waals surface area contributed by atoms with Gasteiger partial charge in [0, 0.05) is 10.8 Å². The van der Waals surface area contributed by atoms with Crippen LogP contribution in [0.1, 0.15) is 72.2 Å². The van der Waals surface area contributed by atoms with Crippen molar-refractivity contribution in [1.82, 2.24) is 0 Å². The third kappa shape index (κ3) is 5.46. The molecule has 0 heteroatoms. The van der Waals surface area contributed by atoms with Crippen molar-refractivity contribution in [3.05, 3.63) is 275 Å². The fourth-order valence-corrected chi connectivity index (χ4v) is 13.3. The first-order valence-electron chi connectivity index (χ1n) is 24.6. The Hall–Kier alpha value is -8.06. The zero-order valence-corrected chi connectivity index (χ0v) is 39.4. The minimum absolute atomic E-state index is 0.0748. The zero-order valence-electron chi connectivity index (χ0n) is 39.4. The number of benzene rings is 11. The average molecular weight is 879 g/mol. The molecule has 3 aliphatic rings. The molecule has 0 heterocycles. The summed E-state index contributed by atoms with van der Waals surface area (Å²) in [6.45, 7) is 9.51. The van der Waals surface area contributed by atoms with Crippen LogP contribution < -0.4 is 0 Å². The first-order valence-corrected chi connectivity index (χ1v) is 24.6. The van der Waals surface area contributed by atoms with Gasteiger partial charge in [-0.15, -0.1) is 0 Å². The van der Waals surface area contributed by atoms with Crippen molar-refractivity contribution < 1.29 is 0 Å². The Morgan fingerprint density at radius 2 is 0.623 bits per heavy atom. The largest absolute Gasteiger partial charge is 0.0713 e. The minimum Gasteiger partial charge on any atom is -0.0622 e. The number of rotatable bonds is 5. The van der Waals surface area contributed by atoms with E-state index in [9.17, 15) is 0 Å². The van der Waals surface area contributed by atoms with Crippen LogP contribution in [-0.2, 0) is 16.2 Å². The van der Waals surface area contributed by atoms with Crippen molar-refractivity contribution >= 4 is 21.5 Å². The molecular weight excluding hydrogens is 829 g/mol. The van der Waals surface area contributed by atoms with Gasteiger partial charge >= 0.3 is 0 Å². The normalized spacial score (nSPS) is 15.0. The van der Waals surface area contributed by atoms with Crippen LogP contribution in [0.2, 0.25) is 0 Å². The fraction of sp³-hybridized carbons (Fsp3) is 0.101. The Balaban J connectivity index is 1.05. The van der Waals surface area contributed by atoms with E-state index >= 15 is 0 Å². The van der Waals surface area contributed by atoms with Crippen molar-refractivity contribution in [2.75, 3.05) is 0 Å². The van der Waals surface area contributed by atoms with Gasteiger partial charge in [0.05, 0.1) is 5.41 Å². The Morgan fingerprint density at radius 1 is 0.232 bits per heavy atom. The summed E-state index contributed by atoms with van der Waals surface area (Å²) in [5.41, 5.74) is 25.5. The van der Waals surface area contributed by atoms with E-state index in [1.165, 1.54) is 133 Å². The Kier molecular flexibility index (Phi) is 8.40. The molecule has 3 aliphatic carbocycles. The molecule has 0 saturated heterocycles. The summed E-state index contributed by atoms with van der Waals surface area (Å²) in [5, 5.41) is 5.03. The second kappa shape index (κ2) is 14.5. The molecule has 0 unspecified atom stereocenters. The molecule has 0 bridgehead atoms. The van der Waals surface area contributed by atoms with Crippen molar-refractivity contribution in [3.8, 4) is 66.8 Å². The van der Waals surface area contributed by atoms with Crippen molar-refractivity contribution in [3.63, 3.8) is 0 Å². The van der Waals surface area contributed by atoms with Crippen LogP contribution in [0, 0.1) is 0 Å². The maximum Gasteiger partial charge on any atom is 0.0713 e. The highest BCUT2D eigenvalue weighted by Crippen LogP contribution is 2.58. The van der Waals surface area contributed by atoms with E-state index in [1.807, 2.05) is 0 Å². The van der Waals surface area contributed by atoms with E-state index < -0.39 is 5.41 Å². The van der Waals surface area contributed by atoms with E-state index in [2.05, 4.69) is 258 Å². The van der Waals surface area contributed by atoms with Gasteiger partial charge in [-0.05, 0) is 157 Å². The molecule has 0 aliphatic heterocycles. The quantitative estimate of drug-likeness (QED) is 0.151. The molecule has 0 saturated carbocycles. The summed E-state index contributed by atoms with van der Waals surface area (Å²) in [6.07, 6.45) is 0. The molecule has 0 atom stereocenters. The lowest BCUT2D eigenvalue weighted by molar-refractivity contribution is 0.660. The third-order valence-corrected chi connectivity index (χ3v) is 16.6. The lowest BCUT2D eigenvalue weighted by Gasteiger charge is -2.34. The molecule has 11 aromatic rings. The Labute approximate surface area is 405 Å². The molecule has 0 N–H and O–H groups in total. The van der Waals surface area contributed by atoms with E-state index in [4.69, 9.17) is 0 Å². The van der Waals surface area contributed by atoms with Gasteiger partial charge in [-0.1, -0.05) is 234 Å². The second-order valence-corrected chi connectivity index (χ2v) is 20.7. The van der Waals surface area contributed by atoms with E-state index in [-0.39, 0.29) is 10.8 Å². The summed E-state index contributed by atoms with van der Waals surface area (Å²) in [4.78, 5) is 0. The van der Waals surface area contributed by atoms with Crippen LogP contribution in [0.4, 0.5) is 0 Å². The lowest BCUT2D eigenvalue weighted by Crippen LogP contribution is -2.28. The SMILES string of the molecule is CC1(C)c2ccccc2-c2cc(-c3c4ccccc4c(-c4ccc5c(c4)C(c4ccccc4)(c4ccccc4)c4ccccc4-5)c4ccc(-c5ccc6c(c5)C(C)(C)c5ccccc5-6)cc34)ccc21. The molecule has 69 heavy (non-hydrogen) atoms. The highest BCUT2D eigenvalue weighted by Gasteiger charge is 2.46. The van der Waals surface area contributed by atoms with Gasteiger partial charge in [0.1, 0.15) is 0 Å².